The van der Waals surface area contributed by atoms with E-state index < -0.39 is 17.3 Å². The molecule has 0 unspecified atom stereocenters. The van der Waals surface area contributed by atoms with Crippen molar-refractivity contribution in [2.24, 2.45) is 10.7 Å². The van der Waals surface area contributed by atoms with Crippen LogP contribution in [0.4, 0.5) is 14.5 Å². The molecule has 1 aromatic carbocycles. The van der Waals surface area contributed by atoms with Crippen molar-refractivity contribution in [1.82, 2.24) is 0 Å². The maximum Gasteiger partial charge on any atom is 0.209 e. The van der Waals surface area contributed by atoms with Crippen LogP contribution in [-0.2, 0) is 0 Å². The molecule has 0 heterocycles. The van der Waals surface area contributed by atoms with Gasteiger partial charge in [0.2, 0.25) is 12.2 Å². The van der Waals surface area contributed by atoms with Crippen molar-refractivity contribution in [3.05, 3.63) is 29.8 Å². The molecule has 0 aliphatic rings. The smallest absolute Gasteiger partial charge is 0.209 e. The fourth-order valence-electron chi connectivity index (χ4n) is 0.827. The second kappa shape index (κ2) is 4.18. The fourth-order valence-corrected chi connectivity index (χ4v) is 0.827. The zero-order chi connectivity index (χ0) is 10.6. The lowest BCUT2D eigenvalue weighted by atomic mass is 10.3. The number of hydrogen-bond acceptors (Lipinski definition) is 2. The van der Waals surface area contributed by atoms with Crippen molar-refractivity contribution in [2.75, 3.05) is 5.32 Å². The van der Waals surface area contributed by atoms with Crippen LogP contribution < -0.4 is 11.1 Å². The molecule has 0 saturated carbocycles. The summed E-state index contributed by atoms with van der Waals surface area (Å²) in [6.45, 7) is 0. The average Bonchev–Trinajstić information content (AvgIpc) is 2.12. The van der Waals surface area contributed by atoms with Gasteiger partial charge in [-0.1, -0.05) is 6.07 Å². The molecule has 0 fully saturated rings. The van der Waals surface area contributed by atoms with Crippen molar-refractivity contribution in [1.29, 1.82) is 5.26 Å². The molecule has 0 saturated heterocycles. The molecule has 0 bridgehead atoms. The predicted octanol–water partition coefficient (Wildman–Crippen LogP) is 1.17. The molecule has 0 spiro atoms. The van der Waals surface area contributed by atoms with Crippen LogP contribution in [0, 0.1) is 23.1 Å². The number of benzene rings is 1. The molecule has 0 aliphatic heterocycles. The van der Waals surface area contributed by atoms with Gasteiger partial charge >= 0.3 is 0 Å². The van der Waals surface area contributed by atoms with Crippen LogP contribution in [0.1, 0.15) is 0 Å². The minimum Gasteiger partial charge on any atom is -0.369 e. The lowest BCUT2D eigenvalue weighted by molar-refractivity contribution is 0.591. The van der Waals surface area contributed by atoms with E-state index in [0.29, 0.717) is 0 Å². The van der Waals surface area contributed by atoms with E-state index in [1.807, 2.05) is 0 Å². The monoisotopic (exact) mass is 196 g/mol. The number of anilines is 1. The highest BCUT2D eigenvalue weighted by Gasteiger charge is 2.08. The summed E-state index contributed by atoms with van der Waals surface area (Å²) in [5.41, 5.74) is 4.71. The Hall–Kier alpha value is -2.16. The van der Waals surface area contributed by atoms with E-state index in [1.165, 1.54) is 12.3 Å². The number of guanidine groups is 1. The van der Waals surface area contributed by atoms with E-state index in [4.69, 9.17) is 11.0 Å². The van der Waals surface area contributed by atoms with Gasteiger partial charge in [-0.15, -0.1) is 4.99 Å². The van der Waals surface area contributed by atoms with Gasteiger partial charge in [-0.25, -0.2) is 8.78 Å². The number of nitrogens with one attached hydrogen (secondary N) is 1. The number of rotatable bonds is 1. The summed E-state index contributed by atoms with van der Waals surface area (Å²) in [5, 5.41) is 10.2. The standard InChI is InChI=1S/C8H6F2N4/c9-5-2-1-3-6(10)7(5)14-8(12)13-4-11/h1-3H,(H3,12,13,14). The molecule has 3 N–H and O–H groups in total. The number of hydrogen-bond donors (Lipinski definition) is 2. The SMILES string of the molecule is N#C/N=C(/N)Nc1c(F)cccc1F. The number of nitriles is 1. The van der Waals surface area contributed by atoms with Crippen molar-refractivity contribution >= 4 is 11.6 Å². The molecule has 0 amide bonds. The Morgan fingerprint density at radius 2 is 2.00 bits per heavy atom. The van der Waals surface area contributed by atoms with Crippen LogP contribution in [0.2, 0.25) is 0 Å². The number of nitrogens with zero attached hydrogens (tertiary/aromatic N) is 2. The summed E-state index contributed by atoms with van der Waals surface area (Å²) in [7, 11) is 0. The Balaban J connectivity index is 2.98. The van der Waals surface area contributed by atoms with Crippen molar-refractivity contribution in [3.63, 3.8) is 0 Å². The lowest BCUT2D eigenvalue weighted by Gasteiger charge is -2.05. The van der Waals surface area contributed by atoms with Gasteiger partial charge in [-0.05, 0) is 12.1 Å². The molecular formula is C8H6F2N4. The van der Waals surface area contributed by atoms with E-state index in [-0.39, 0.29) is 5.96 Å². The van der Waals surface area contributed by atoms with E-state index >= 15 is 0 Å². The van der Waals surface area contributed by atoms with Crippen molar-refractivity contribution < 1.29 is 8.78 Å². The summed E-state index contributed by atoms with van der Waals surface area (Å²) in [5.74, 6) is -1.97. The molecule has 1 rings (SSSR count). The Morgan fingerprint density at radius 1 is 1.43 bits per heavy atom. The third-order valence-corrected chi connectivity index (χ3v) is 1.39. The minimum atomic E-state index is -0.805. The summed E-state index contributed by atoms with van der Waals surface area (Å²) < 4.78 is 25.9. The Morgan fingerprint density at radius 3 is 2.50 bits per heavy atom. The maximum absolute atomic E-state index is 13.0. The number of halogens is 2. The van der Waals surface area contributed by atoms with Crippen LogP contribution in [0.15, 0.2) is 23.2 Å². The first-order valence-corrected chi connectivity index (χ1v) is 3.58. The van der Waals surface area contributed by atoms with Crippen molar-refractivity contribution in [2.45, 2.75) is 0 Å². The third-order valence-electron chi connectivity index (χ3n) is 1.39. The van der Waals surface area contributed by atoms with E-state index in [1.54, 1.807) is 0 Å². The van der Waals surface area contributed by atoms with Gasteiger partial charge in [0.05, 0.1) is 0 Å². The highest BCUT2D eigenvalue weighted by Crippen LogP contribution is 2.17. The average molecular weight is 196 g/mol. The topological polar surface area (TPSA) is 74.2 Å². The van der Waals surface area contributed by atoms with Crippen LogP contribution >= 0.6 is 0 Å². The number of para-hydroxylation sites is 1. The Bertz CT molecular complexity index is 388. The molecule has 72 valence electrons. The predicted molar refractivity (Wildman–Crippen MR) is 47.2 cm³/mol. The number of aliphatic imine (C=N–C) groups is 1. The minimum absolute atomic E-state index is 0.364. The molecule has 6 heteroatoms. The highest BCUT2D eigenvalue weighted by atomic mass is 19.1. The molecule has 0 aromatic heterocycles. The molecule has 14 heavy (non-hydrogen) atoms. The zero-order valence-corrected chi connectivity index (χ0v) is 6.96. The van der Waals surface area contributed by atoms with Crippen molar-refractivity contribution in [3.8, 4) is 6.19 Å². The second-order valence-corrected chi connectivity index (χ2v) is 2.32. The van der Waals surface area contributed by atoms with Gasteiger partial charge in [-0.2, -0.15) is 5.26 Å². The summed E-state index contributed by atoms with van der Waals surface area (Å²) in [6.07, 6.45) is 1.38. The Labute approximate surface area is 78.7 Å². The van der Waals surface area contributed by atoms with Crippen LogP contribution in [-0.4, -0.2) is 5.96 Å². The normalized spacial score (nSPS) is 10.8. The largest absolute Gasteiger partial charge is 0.369 e. The third kappa shape index (κ3) is 2.17. The molecular weight excluding hydrogens is 190 g/mol. The molecule has 4 nitrogen and oxygen atoms in total. The van der Waals surface area contributed by atoms with Crippen LogP contribution in [0.3, 0.4) is 0 Å². The maximum atomic E-state index is 13.0. The summed E-state index contributed by atoms with van der Waals surface area (Å²) in [4.78, 5) is 3.06. The quantitative estimate of drug-likeness (QED) is 0.402. The Kier molecular flexibility index (Phi) is 2.97. The van der Waals surface area contributed by atoms with Gasteiger partial charge < -0.3 is 11.1 Å². The van der Waals surface area contributed by atoms with E-state index in [2.05, 4.69) is 10.3 Å². The van der Waals surface area contributed by atoms with Gasteiger partial charge in [0.1, 0.15) is 17.3 Å². The summed E-state index contributed by atoms with van der Waals surface area (Å²) in [6, 6.07) is 3.34. The zero-order valence-electron chi connectivity index (χ0n) is 6.96. The van der Waals surface area contributed by atoms with Crippen LogP contribution in [0.5, 0.6) is 0 Å². The molecule has 0 atom stereocenters. The number of nitrogens with two attached hydrogens (primary N) is 1. The first-order valence-electron chi connectivity index (χ1n) is 3.58. The fraction of sp³-hybridized carbons (Fsp3) is 0. The second-order valence-electron chi connectivity index (χ2n) is 2.32. The molecule has 0 radical (unpaired) electrons. The van der Waals surface area contributed by atoms with Gasteiger partial charge in [0.15, 0.2) is 0 Å². The summed E-state index contributed by atoms with van der Waals surface area (Å²) >= 11 is 0. The first-order chi connectivity index (χ1) is 6.65. The molecule has 0 aliphatic carbocycles. The van der Waals surface area contributed by atoms with Gasteiger partial charge in [-0.3, -0.25) is 0 Å². The van der Waals surface area contributed by atoms with Gasteiger partial charge in [0, 0.05) is 0 Å². The highest BCUT2D eigenvalue weighted by molar-refractivity contribution is 5.93. The van der Waals surface area contributed by atoms with Gasteiger partial charge in [0.25, 0.3) is 0 Å². The van der Waals surface area contributed by atoms with E-state index in [0.717, 1.165) is 12.1 Å². The van der Waals surface area contributed by atoms with E-state index in [9.17, 15) is 8.78 Å². The first kappa shape index (κ1) is 9.92. The molecule has 1 aromatic rings. The lowest BCUT2D eigenvalue weighted by Crippen LogP contribution is -2.23. The van der Waals surface area contributed by atoms with Crippen LogP contribution in [0.25, 0.3) is 0 Å².